The molecule has 1 aliphatic carbocycles. The number of amides is 4. The fraction of sp³-hybridized carbons (Fsp3) is 0.526. The molecule has 1 heterocycles. The van der Waals surface area contributed by atoms with Crippen LogP contribution in [0.2, 0.25) is 5.02 Å². The molecule has 3 atom stereocenters. The van der Waals surface area contributed by atoms with Gasteiger partial charge in [0.15, 0.2) is 0 Å². The van der Waals surface area contributed by atoms with Gasteiger partial charge in [-0.3, -0.25) is 14.5 Å². The maximum Gasteiger partial charge on any atom is 0.325 e. The molecule has 2 N–H and O–H groups in total. The first kappa shape index (κ1) is 18.7. The average Bonchev–Trinajstić information content (AvgIpc) is 2.83. The largest absolute Gasteiger partial charge is 0.348 e. The molecule has 1 saturated heterocycles. The van der Waals surface area contributed by atoms with E-state index in [2.05, 4.69) is 10.6 Å². The number of halogens is 1. The van der Waals surface area contributed by atoms with Crippen molar-refractivity contribution in [3.05, 3.63) is 34.9 Å². The van der Waals surface area contributed by atoms with Gasteiger partial charge in [-0.2, -0.15) is 0 Å². The van der Waals surface area contributed by atoms with Crippen LogP contribution in [0.1, 0.15) is 51.1 Å². The van der Waals surface area contributed by atoms with Crippen LogP contribution in [0.5, 0.6) is 0 Å². The first-order chi connectivity index (χ1) is 12.3. The molecule has 140 valence electrons. The van der Waals surface area contributed by atoms with Crippen LogP contribution < -0.4 is 10.6 Å². The SMILES string of the molecule is C[C@H](NC(=O)CN1C(=O)N[C@@]2(CCCC[C@@H]2C)C1=O)c1ccccc1Cl. The summed E-state index contributed by atoms with van der Waals surface area (Å²) < 4.78 is 0. The fourth-order valence-electron chi connectivity index (χ4n) is 3.97. The highest BCUT2D eigenvalue weighted by molar-refractivity contribution is 6.31. The number of nitrogens with zero attached hydrogens (tertiary/aromatic N) is 1. The molecule has 1 aromatic rings. The van der Waals surface area contributed by atoms with E-state index in [9.17, 15) is 14.4 Å². The lowest BCUT2D eigenvalue weighted by Gasteiger charge is -2.36. The molecular formula is C19H24ClN3O3. The van der Waals surface area contributed by atoms with E-state index in [-0.39, 0.29) is 30.3 Å². The first-order valence-corrected chi connectivity index (χ1v) is 9.41. The van der Waals surface area contributed by atoms with Crippen LogP contribution in [-0.2, 0) is 9.59 Å². The minimum Gasteiger partial charge on any atom is -0.348 e. The molecule has 4 amide bonds. The number of carbonyl (C=O) groups excluding carboxylic acids is 3. The van der Waals surface area contributed by atoms with Gasteiger partial charge in [0.2, 0.25) is 5.91 Å². The molecule has 1 aromatic carbocycles. The Kier molecular flexibility index (Phi) is 5.23. The molecule has 1 saturated carbocycles. The Morgan fingerprint density at radius 1 is 1.38 bits per heavy atom. The highest BCUT2D eigenvalue weighted by Gasteiger charge is 2.55. The molecule has 0 unspecified atom stereocenters. The lowest BCUT2D eigenvalue weighted by Crippen LogP contribution is -2.54. The van der Waals surface area contributed by atoms with Gasteiger partial charge in [0.05, 0.1) is 6.04 Å². The second-order valence-corrected chi connectivity index (χ2v) is 7.66. The van der Waals surface area contributed by atoms with Gasteiger partial charge >= 0.3 is 6.03 Å². The molecule has 2 fully saturated rings. The molecule has 26 heavy (non-hydrogen) atoms. The van der Waals surface area contributed by atoms with Crippen LogP contribution in [0, 0.1) is 5.92 Å². The number of hydrogen-bond acceptors (Lipinski definition) is 3. The van der Waals surface area contributed by atoms with Gasteiger partial charge in [-0.05, 0) is 37.3 Å². The normalized spacial score (nSPS) is 26.7. The maximum absolute atomic E-state index is 12.9. The number of hydrogen-bond donors (Lipinski definition) is 2. The minimum absolute atomic E-state index is 0.0720. The molecule has 6 nitrogen and oxygen atoms in total. The lowest BCUT2D eigenvalue weighted by molar-refractivity contribution is -0.137. The molecule has 1 spiro atoms. The Morgan fingerprint density at radius 2 is 2.12 bits per heavy atom. The molecule has 0 bridgehead atoms. The summed E-state index contributed by atoms with van der Waals surface area (Å²) in [6.07, 6.45) is 3.49. The van der Waals surface area contributed by atoms with Gasteiger partial charge in [-0.25, -0.2) is 4.79 Å². The van der Waals surface area contributed by atoms with Crippen molar-refractivity contribution in [2.45, 2.75) is 51.1 Å². The summed E-state index contributed by atoms with van der Waals surface area (Å²) in [6, 6.07) is 6.45. The van der Waals surface area contributed by atoms with Crippen molar-refractivity contribution in [1.29, 1.82) is 0 Å². The third kappa shape index (κ3) is 3.30. The summed E-state index contributed by atoms with van der Waals surface area (Å²) in [4.78, 5) is 38.7. The topological polar surface area (TPSA) is 78.5 Å². The Bertz CT molecular complexity index is 738. The monoisotopic (exact) mass is 377 g/mol. The standard InChI is InChI=1S/C19H24ClN3O3/c1-12-7-5-6-10-19(12)17(25)23(18(26)22-19)11-16(24)21-13(2)14-8-3-4-9-15(14)20/h3-4,8-9,12-13H,5-7,10-11H2,1-2H3,(H,21,24)(H,22,26)/t12-,13-,19+/m0/s1. The van der Waals surface area contributed by atoms with Crippen molar-refractivity contribution in [1.82, 2.24) is 15.5 Å². The predicted molar refractivity (Wildman–Crippen MR) is 98.6 cm³/mol. The van der Waals surface area contributed by atoms with E-state index in [4.69, 9.17) is 11.6 Å². The van der Waals surface area contributed by atoms with Gasteiger partial charge in [0, 0.05) is 5.02 Å². The molecule has 0 aromatic heterocycles. The number of nitrogens with one attached hydrogen (secondary N) is 2. The third-order valence-corrected chi connectivity index (χ3v) is 5.90. The first-order valence-electron chi connectivity index (χ1n) is 9.03. The van der Waals surface area contributed by atoms with Gasteiger partial charge < -0.3 is 10.6 Å². The van der Waals surface area contributed by atoms with Gasteiger partial charge in [-0.1, -0.05) is 49.6 Å². The maximum atomic E-state index is 12.9. The van der Waals surface area contributed by atoms with E-state index in [0.717, 1.165) is 29.7 Å². The number of benzene rings is 1. The number of urea groups is 1. The Labute approximate surface area is 158 Å². The summed E-state index contributed by atoms with van der Waals surface area (Å²) in [7, 11) is 0. The lowest BCUT2D eigenvalue weighted by atomic mass is 9.73. The average molecular weight is 378 g/mol. The van der Waals surface area contributed by atoms with Crippen LogP contribution in [0.25, 0.3) is 0 Å². The second-order valence-electron chi connectivity index (χ2n) is 7.25. The molecule has 1 aliphatic heterocycles. The van der Waals surface area contributed by atoms with E-state index in [1.54, 1.807) is 6.07 Å². The van der Waals surface area contributed by atoms with Crippen molar-refractivity contribution in [3.63, 3.8) is 0 Å². The van der Waals surface area contributed by atoms with E-state index in [0.29, 0.717) is 11.4 Å². The zero-order valence-electron chi connectivity index (χ0n) is 15.0. The van der Waals surface area contributed by atoms with Crippen LogP contribution in [0.15, 0.2) is 24.3 Å². The summed E-state index contributed by atoms with van der Waals surface area (Å²) in [5.41, 5.74) is -0.0543. The van der Waals surface area contributed by atoms with Gasteiger partial charge in [0.1, 0.15) is 12.1 Å². The van der Waals surface area contributed by atoms with E-state index >= 15 is 0 Å². The van der Waals surface area contributed by atoms with Crippen molar-refractivity contribution in [2.75, 3.05) is 6.54 Å². The Morgan fingerprint density at radius 3 is 2.81 bits per heavy atom. The zero-order chi connectivity index (χ0) is 18.9. The van der Waals surface area contributed by atoms with Crippen LogP contribution in [-0.4, -0.2) is 34.8 Å². The summed E-state index contributed by atoms with van der Waals surface area (Å²) in [6.45, 7) is 3.52. The number of imide groups is 1. The zero-order valence-corrected chi connectivity index (χ0v) is 15.8. The van der Waals surface area contributed by atoms with Crippen molar-refractivity contribution < 1.29 is 14.4 Å². The van der Waals surface area contributed by atoms with Crippen LogP contribution in [0.4, 0.5) is 4.79 Å². The minimum atomic E-state index is -0.843. The predicted octanol–water partition coefficient (Wildman–Crippen LogP) is 3.02. The highest BCUT2D eigenvalue weighted by Crippen LogP contribution is 2.38. The quantitative estimate of drug-likeness (QED) is 0.791. The van der Waals surface area contributed by atoms with Crippen LogP contribution >= 0.6 is 11.6 Å². The summed E-state index contributed by atoms with van der Waals surface area (Å²) >= 11 is 6.15. The van der Waals surface area contributed by atoms with Crippen molar-refractivity contribution in [3.8, 4) is 0 Å². The number of carbonyl (C=O) groups is 3. The van der Waals surface area contributed by atoms with E-state index in [1.807, 2.05) is 32.0 Å². The number of rotatable bonds is 4. The van der Waals surface area contributed by atoms with Gasteiger partial charge in [-0.15, -0.1) is 0 Å². The molecular weight excluding hydrogens is 354 g/mol. The third-order valence-electron chi connectivity index (χ3n) is 5.55. The molecule has 7 heteroatoms. The highest BCUT2D eigenvalue weighted by atomic mass is 35.5. The van der Waals surface area contributed by atoms with Gasteiger partial charge in [0.25, 0.3) is 5.91 Å². The molecule has 0 radical (unpaired) electrons. The second kappa shape index (κ2) is 7.27. The van der Waals surface area contributed by atoms with E-state index in [1.165, 1.54) is 0 Å². The summed E-state index contributed by atoms with van der Waals surface area (Å²) in [5.74, 6) is -0.598. The van der Waals surface area contributed by atoms with Crippen molar-refractivity contribution in [2.24, 2.45) is 5.92 Å². The summed E-state index contributed by atoms with van der Waals surface area (Å²) in [5, 5.41) is 6.23. The Balaban J connectivity index is 1.67. The van der Waals surface area contributed by atoms with Crippen molar-refractivity contribution >= 4 is 29.4 Å². The molecule has 3 rings (SSSR count). The molecule has 2 aliphatic rings. The smallest absolute Gasteiger partial charge is 0.325 e. The fourth-order valence-corrected chi connectivity index (χ4v) is 4.27. The van der Waals surface area contributed by atoms with Crippen LogP contribution in [0.3, 0.4) is 0 Å². The Hall–Kier alpha value is -2.08. The van der Waals surface area contributed by atoms with E-state index < -0.39 is 11.6 Å².